The van der Waals surface area contributed by atoms with Crippen molar-refractivity contribution in [2.24, 2.45) is 5.73 Å². The molecule has 0 fully saturated rings. The zero-order chi connectivity index (χ0) is 9.84. The van der Waals surface area contributed by atoms with Crippen LogP contribution in [0.25, 0.3) is 0 Å². The van der Waals surface area contributed by atoms with Crippen LogP contribution in [0.5, 0.6) is 5.75 Å². The van der Waals surface area contributed by atoms with Gasteiger partial charge < -0.3 is 10.8 Å². The van der Waals surface area contributed by atoms with Gasteiger partial charge in [0.2, 0.25) is 0 Å². The van der Waals surface area contributed by atoms with Crippen molar-refractivity contribution >= 4 is 22.6 Å². The molecule has 1 aromatic rings. The highest BCUT2D eigenvalue weighted by molar-refractivity contribution is 14.1. The summed E-state index contributed by atoms with van der Waals surface area (Å²) in [5.41, 5.74) is 5.99. The standard InChI is InChI=1S/C8H8IN3O/c9-5-3-7(13)8(12-4-5)6(11)1-2-10/h3-4,6,13H,1,11H2. The van der Waals surface area contributed by atoms with Gasteiger partial charge >= 0.3 is 0 Å². The van der Waals surface area contributed by atoms with E-state index >= 15 is 0 Å². The Morgan fingerprint density at radius 1 is 1.77 bits per heavy atom. The average molecular weight is 289 g/mol. The molecule has 0 saturated carbocycles. The number of aromatic nitrogens is 1. The van der Waals surface area contributed by atoms with Gasteiger partial charge in [-0.2, -0.15) is 5.26 Å². The number of pyridine rings is 1. The van der Waals surface area contributed by atoms with Crippen molar-refractivity contribution in [1.29, 1.82) is 5.26 Å². The molecule has 0 bridgehead atoms. The van der Waals surface area contributed by atoms with Gasteiger partial charge in [0.25, 0.3) is 0 Å². The highest BCUT2D eigenvalue weighted by atomic mass is 127. The fraction of sp³-hybridized carbons (Fsp3) is 0.250. The Bertz CT molecular complexity index is 348. The van der Waals surface area contributed by atoms with Crippen LogP contribution in [0.15, 0.2) is 12.3 Å². The number of halogens is 1. The van der Waals surface area contributed by atoms with Gasteiger partial charge in [-0.1, -0.05) is 0 Å². The zero-order valence-corrected chi connectivity index (χ0v) is 8.89. The minimum absolute atomic E-state index is 0.0506. The number of nitrogens with two attached hydrogens (primary N) is 1. The minimum atomic E-state index is -0.512. The monoisotopic (exact) mass is 289 g/mol. The van der Waals surface area contributed by atoms with E-state index in [9.17, 15) is 5.11 Å². The molecular weight excluding hydrogens is 281 g/mol. The Morgan fingerprint density at radius 3 is 3.00 bits per heavy atom. The van der Waals surface area contributed by atoms with Crippen LogP contribution in [0, 0.1) is 14.9 Å². The maximum Gasteiger partial charge on any atom is 0.139 e. The average Bonchev–Trinajstić information content (AvgIpc) is 2.04. The zero-order valence-electron chi connectivity index (χ0n) is 6.74. The summed E-state index contributed by atoms with van der Waals surface area (Å²) in [6.07, 6.45) is 1.76. The maximum atomic E-state index is 9.43. The molecule has 68 valence electrons. The summed E-state index contributed by atoms with van der Waals surface area (Å²) in [5, 5.41) is 17.8. The Labute approximate surface area is 89.5 Å². The molecule has 1 atom stereocenters. The van der Waals surface area contributed by atoms with E-state index in [1.807, 2.05) is 28.7 Å². The third-order valence-corrected chi connectivity index (χ3v) is 2.12. The summed E-state index contributed by atoms with van der Waals surface area (Å²) in [7, 11) is 0. The van der Waals surface area contributed by atoms with Crippen LogP contribution >= 0.6 is 22.6 Å². The van der Waals surface area contributed by atoms with Gasteiger partial charge in [0.05, 0.1) is 24.2 Å². The Hall–Kier alpha value is -0.870. The first kappa shape index (κ1) is 10.2. The first-order valence-electron chi connectivity index (χ1n) is 3.62. The predicted molar refractivity (Wildman–Crippen MR) is 55.8 cm³/mol. The van der Waals surface area contributed by atoms with E-state index in [0.29, 0.717) is 5.69 Å². The van der Waals surface area contributed by atoms with Crippen molar-refractivity contribution in [1.82, 2.24) is 4.98 Å². The topological polar surface area (TPSA) is 82.9 Å². The van der Waals surface area contributed by atoms with Crippen molar-refractivity contribution < 1.29 is 5.11 Å². The Kier molecular flexibility index (Phi) is 3.45. The van der Waals surface area contributed by atoms with E-state index in [2.05, 4.69) is 4.98 Å². The molecule has 0 aliphatic rings. The second-order valence-electron chi connectivity index (χ2n) is 2.53. The van der Waals surface area contributed by atoms with E-state index in [-0.39, 0.29) is 12.2 Å². The van der Waals surface area contributed by atoms with Gasteiger partial charge in [0, 0.05) is 9.77 Å². The lowest BCUT2D eigenvalue weighted by Gasteiger charge is -2.08. The lowest BCUT2D eigenvalue weighted by molar-refractivity contribution is 0.456. The highest BCUT2D eigenvalue weighted by Crippen LogP contribution is 2.23. The van der Waals surface area contributed by atoms with E-state index in [1.165, 1.54) is 0 Å². The van der Waals surface area contributed by atoms with Gasteiger partial charge in [-0.05, 0) is 28.7 Å². The van der Waals surface area contributed by atoms with Gasteiger partial charge in [0.1, 0.15) is 5.75 Å². The largest absolute Gasteiger partial charge is 0.506 e. The van der Waals surface area contributed by atoms with E-state index in [1.54, 1.807) is 12.3 Å². The quantitative estimate of drug-likeness (QED) is 0.804. The predicted octanol–water partition coefficient (Wildman–Crippen LogP) is 1.31. The summed E-state index contributed by atoms with van der Waals surface area (Å²) in [5.74, 6) is 0.0506. The number of aromatic hydroxyl groups is 1. The minimum Gasteiger partial charge on any atom is -0.506 e. The molecule has 1 aromatic heterocycles. The molecule has 0 amide bonds. The molecular formula is C8H8IN3O. The lowest BCUT2D eigenvalue weighted by atomic mass is 10.1. The van der Waals surface area contributed by atoms with Crippen LogP contribution in [0.1, 0.15) is 18.2 Å². The SMILES string of the molecule is N#CCC(N)c1ncc(I)cc1O. The first-order valence-corrected chi connectivity index (χ1v) is 4.70. The van der Waals surface area contributed by atoms with Crippen LogP contribution < -0.4 is 5.73 Å². The third-order valence-electron chi connectivity index (χ3n) is 1.53. The van der Waals surface area contributed by atoms with E-state index in [4.69, 9.17) is 11.0 Å². The third kappa shape index (κ3) is 2.54. The van der Waals surface area contributed by atoms with Gasteiger partial charge in [-0.15, -0.1) is 0 Å². The van der Waals surface area contributed by atoms with Crippen molar-refractivity contribution in [3.63, 3.8) is 0 Å². The number of rotatable bonds is 2. The summed E-state index contributed by atoms with van der Waals surface area (Å²) >= 11 is 2.04. The molecule has 5 heteroatoms. The molecule has 3 N–H and O–H groups in total. The summed E-state index contributed by atoms with van der Waals surface area (Å²) in [4.78, 5) is 3.96. The smallest absolute Gasteiger partial charge is 0.139 e. The molecule has 4 nitrogen and oxygen atoms in total. The molecule has 13 heavy (non-hydrogen) atoms. The number of nitrogens with zero attached hydrogens (tertiary/aromatic N) is 2. The van der Waals surface area contributed by atoms with Crippen LogP contribution in [0.2, 0.25) is 0 Å². The molecule has 0 aliphatic heterocycles. The highest BCUT2D eigenvalue weighted by Gasteiger charge is 2.11. The van der Waals surface area contributed by atoms with Crippen molar-refractivity contribution in [2.45, 2.75) is 12.5 Å². The van der Waals surface area contributed by atoms with Crippen molar-refractivity contribution in [2.75, 3.05) is 0 Å². The molecule has 0 aliphatic carbocycles. The van der Waals surface area contributed by atoms with Crippen molar-refractivity contribution in [3.05, 3.63) is 21.5 Å². The number of nitriles is 1. The second-order valence-corrected chi connectivity index (χ2v) is 3.77. The van der Waals surface area contributed by atoms with Crippen LogP contribution in [-0.4, -0.2) is 10.1 Å². The van der Waals surface area contributed by atoms with Crippen LogP contribution in [0.3, 0.4) is 0 Å². The summed E-state index contributed by atoms with van der Waals surface area (Å²) in [6.45, 7) is 0. The fourth-order valence-corrected chi connectivity index (χ4v) is 1.35. The molecule has 1 rings (SSSR count). The van der Waals surface area contributed by atoms with Gasteiger partial charge in [-0.25, -0.2) is 0 Å². The maximum absolute atomic E-state index is 9.43. The molecule has 0 spiro atoms. The van der Waals surface area contributed by atoms with Crippen molar-refractivity contribution in [3.8, 4) is 11.8 Å². The van der Waals surface area contributed by atoms with Crippen LogP contribution in [0.4, 0.5) is 0 Å². The molecule has 0 saturated heterocycles. The lowest BCUT2D eigenvalue weighted by Crippen LogP contribution is -2.11. The molecule has 1 unspecified atom stereocenters. The van der Waals surface area contributed by atoms with Gasteiger partial charge in [-0.3, -0.25) is 4.98 Å². The van der Waals surface area contributed by atoms with Gasteiger partial charge in [0.15, 0.2) is 0 Å². The number of hydrogen-bond donors (Lipinski definition) is 2. The van der Waals surface area contributed by atoms with Crippen LogP contribution in [-0.2, 0) is 0 Å². The Balaban J connectivity index is 2.96. The Morgan fingerprint density at radius 2 is 2.46 bits per heavy atom. The number of hydrogen-bond acceptors (Lipinski definition) is 4. The first-order chi connectivity index (χ1) is 6.15. The summed E-state index contributed by atoms with van der Waals surface area (Å²) in [6, 6.07) is 2.99. The molecule has 0 radical (unpaired) electrons. The van der Waals surface area contributed by atoms with E-state index < -0.39 is 6.04 Å². The molecule has 1 heterocycles. The summed E-state index contributed by atoms with van der Waals surface area (Å²) < 4.78 is 0.836. The normalized spacial score (nSPS) is 12.1. The molecule has 0 aromatic carbocycles. The second kappa shape index (κ2) is 4.39. The van der Waals surface area contributed by atoms with E-state index in [0.717, 1.165) is 3.57 Å². The fourth-order valence-electron chi connectivity index (χ4n) is 0.920.